The highest BCUT2D eigenvalue weighted by atomic mass is 79.9. The molecule has 0 aliphatic rings. The summed E-state index contributed by atoms with van der Waals surface area (Å²) in [6.45, 7) is 1.51. The van der Waals surface area contributed by atoms with Gasteiger partial charge in [0.05, 0.1) is 15.2 Å². The number of benzene rings is 2. The Balaban J connectivity index is 1.69. The maximum atomic E-state index is 5.90. The van der Waals surface area contributed by atoms with Gasteiger partial charge in [-0.3, -0.25) is 0 Å². The van der Waals surface area contributed by atoms with E-state index in [0.29, 0.717) is 6.61 Å². The first kappa shape index (κ1) is 17.1. The van der Waals surface area contributed by atoms with Crippen LogP contribution in [-0.4, -0.2) is 18.6 Å². The van der Waals surface area contributed by atoms with Crippen LogP contribution in [0.25, 0.3) is 11.3 Å². The van der Waals surface area contributed by atoms with Crippen molar-refractivity contribution in [2.75, 3.05) is 13.6 Å². The van der Waals surface area contributed by atoms with Gasteiger partial charge in [-0.15, -0.1) is 11.3 Å². The summed E-state index contributed by atoms with van der Waals surface area (Å²) in [7, 11) is 1.96. The van der Waals surface area contributed by atoms with Gasteiger partial charge in [0.15, 0.2) is 0 Å². The minimum absolute atomic E-state index is 0.559. The van der Waals surface area contributed by atoms with Gasteiger partial charge in [-0.1, -0.05) is 30.3 Å². The van der Waals surface area contributed by atoms with E-state index >= 15 is 0 Å². The molecule has 1 heterocycles. The van der Waals surface area contributed by atoms with E-state index in [4.69, 9.17) is 9.72 Å². The molecule has 0 spiro atoms. The predicted molar refractivity (Wildman–Crippen MR) is 104 cm³/mol. The van der Waals surface area contributed by atoms with Crippen LogP contribution in [0.4, 0.5) is 0 Å². The van der Waals surface area contributed by atoms with Crippen LogP contribution in [0.5, 0.6) is 5.75 Å². The lowest BCUT2D eigenvalue weighted by atomic mass is 10.1. The largest absolute Gasteiger partial charge is 0.488 e. The van der Waals surface area contributed by atoms with Crippen molar-refractivity contribution in [3.63, 3.8) is 0 Å². The van der Waals surface area contributed by atoms with Crippen molar-refractivity contribution < 1.29 is 4.74 Å². The third-order valence-corrected chi connectivity index (χ3v) is 5.13. The first-order valence-electron chi connectivity index (χ1n) is 7.82. The Kier molecular flexibility index (Phi) is 6.01. The molecule has 0 aliphatic heterocycles. The number of hydrogen-bond acceptors (Lipinski definition) is 4. The Hall–Kier alpha value is -1.69. The molecule has 2 aromatic carbocycles. The molecule has 124 valence electrons. The van der Waals surface area contributed by atoms with Crippen LogP contribution in [0.2, 0.25) is 0 Å². The van der Waals surface area contributed by atoms with Crippen LogP contribution in [0, 0.1) is 0 Å². The zero-order valence-electron chi connectivity index (χ0n) is 13.5. The molecule has 0 bridgehead atoms. The Labute approximate surface area is 154 Å². The topological polar surface area (TPSA) is 34.2 Å². The lowest BCUT2D eigenvalue weighted by molar-refractivity contribution is 0.304. The maximum absolute atomic E-state index is 5.90. The van der Waals surface area contributed by atoms with E-state index in [1.54, 1.807) is 11.3 Å². The number of halogens is 1. The molecule has 0 saturated heterocycles. The molecule has 0 amide bonds. The fourth-order valence-electron chi connectivity index (χ4n) is 2.30. The summed E-state index contributed by atoms with van der Waals surface area (Å²) >= 11 is 5.31. The summed E-state index contributed by atoms with van der Waals surface area (Å²) < 4.78 is 6.84. The fraction of sp³-hybridized carbons (Fsp3) is 0.211. The molecule has 24 heavy (non-hydrogen) atoms. The second kappa shape index (κ2) is 8.42. The third kappa shape index (κ3) is 4.44. The summed E-state index contributed by atoms with van der Waals surface area (Å²) in [5.41, 5.74) is 3.27. The Morgan fingerprint density at radius 3 is 2.75 bits per heavy atom. The number of nitrogens with zero attached hydrogens (tertiary/aromatic N) is 1. The molecule has 3 aromatic rings. The average Bonchev–Trinajstić information content (AvgIpc) is 3.09. The van der Waals surface area contributed by atoms with Crippen molar-refractivity contribution in [1.29, 1.82) is 0 Å². The summed E-state index contributed by atoms with van der Waals surface area (Å²) in [4.78, 5) is 4.70. The van der Waals surface area contributed by atoms with Gasteiger partial charge < -0.3 is 10.1 Å². The van der Waals surface area contributed by atoms with Crippen molar-refractivity contribution >= 4 is 27.3 Å². The van der Waals surface area contributed by atoms with Gasteiger partial charge in [0.1, 0.15) is 12.4 Å². The van der Waals surface area contributed by atoms with Crippen LogP contribution in [0.1, 0.15) is 10.6 Å². The Morgan fingerprint density at radius 2 is 2.00 bits per heavy atom. The molecular formula is C19H19BrN2OS. The highest BCUT2D eigenvalue weighted by Gasteiger charge is 2.08. The number of ether oxygens (including phenoxy) is 1. The van der Waals surface area contributed by atoms with E-state index in [1.807, 2.05) is 31.3 Å². The first-order valence-corrected chi connectivity index (χ1v) is 9.49. The number of thiazole rings is 1. The van der Waals surface area contributed by atoms with Gasteiger partial charge in [-0.2, -0.15) is 0 Å². The van der Waals surface area contributed by atoms with Crippen LogP contribution >= 0.6 is 27.3 Å². The van der Waals surface area contributed by atoms with Gasteiger partial charge >= 0.3 is 0 Å². The molecule has 3 rings (SSSR count). The highest BCUT2D eigenvalue weighted by molar-refractivity contribution is 9.10. The number of aromatic nitrogens is 1. The van der Waals surface area contributed by atoms with Crippen molar-refractivity contribution in [2.24, 2.45) is 0 Å². The number of rotatable bonds is 7. The van der Waals surface area contributed by atoms with Crippen LogP contribution in [0.3, 0.4) is 0 Å². The van der Waals surface area contributed by atoms with Crippen molar-refractivity contribution in [2.45, 2.75) is 13.0 Å². The minimum Gasteiger partial charge on any atom is -0.488 e. The molecule has 0 saturated carbocycles. The SMILES string of the molecule is CNCCc1nc(-c2ccc(OCc3ccccc3)c(Br)c2)cs1. The molecule has 0 unspecified atom stereocenters. The summed E-state index contributed by atoms with van der Waals surface area (Å²) in [5, 5.41) is 6.41. The van der Waals surface area contributed by atoms with E-state index in [0.717, 1.165) is 45.0 Å². The summed E-state index contributed by atoms with van der Waals surface area (Å²) in [5.74, 6) is 0.841. The summed E-state index contributed by atoms with van der Waals surface area (Å²) in [6.07, 6.45) is 0.959. The second-order valence-electron chi connectivity index (χ2n) is 5.40. The van der Waals surface area contributed by atoms with Crippen molar-refractivity contribution in [3.8, 4) is 17.0 Å². The monoisotopic (exact) mass is 402 g/mol. The zero-order valence-corrected chi connectivity index (χ0v) is 15.9. The second-order valence-corrected chi connectivity index (χ2v) is 7.20. The molecular weight excluding hydrogens is 384 g/mol. The number of nitrogens with one attached hydrogen (secondary N) is 1. The first-order chi connectivity index (χ1) is 11.8. The van der Waals surface area contributed by atoms with Gasteiger partial charge in [-0.05, 0) is 46.7 Å². The van der Waals surface area contributed by atoms with Gasteiger partial charge in [0, 0.05) is 23.9 Å². The summed E-state index contributed by atoms with van der Waals surface area (Å²) in [6, 6.07) is 16.3. The van der Waals surface area contributed by atoms with Crippen LogP contribution < -0.4 is 10.1 Å². The van der Waals surface area contributed by atoms with E-state index in [2.05, 4.69) is 50.9 Å². The Bertz CT molecular complexity index is 789. The Morgan fingerprint density at radius 1 is 1.17 bits per heavy atom. The average molecular weight is 403 g/mol. The minimum atomic E-state index is 0.559. The molecule has 1 N–H and O–H groups in total. The molecule has 0 radical (unpaired) electrons. The molecule has 3 nitrogen and oxygen atoms in total. The van der Waals surface area contributed by atoms with Gasteiger partial charge in [0.2, 0.25) is 0 Å². The standard InChI is InChI=1S/C19H19BrN2OS/c1-21-10-9-19-22-17(13-24-19)15-7-8-18(16(20)11-15)23-12-14-5-3-2-4-6-14/h2-8,11,13,21H,9-10,12H2,1H3. The van der Waals surface area contributed by atoms with E-state index < -0.39 is 0 Å². The smallest absolute Gasteiger partial charge is 0.134 e. The van der Waals surface area contributed by atoms with Crippen molar-refractivity contribution in [3.05, 3.63) is 69.0 Å². The van der Waals surface area contributed by atoms with Gasteiger partial charge in [-0.25, -0.2) is 4.98 Å². The zero-order chi connectivity index (χ0) is 16.8. The van der Waals surface area contributed by atoms with Crippen LogP contribution in [0.15, 0.2) is 58.4 Å². The quantitative estimate of drug-likeness (QED) is 0.609. The lowest BCUT2D eigenvalue weighted by Crippen LogP contribution is -2.09. The highest BCUT2D eigenvalue weighted by Crippen LogP contribution is 2.31. The lowest BCUT2D eigenvalue weighted by Gasteiger charge is -2.09. The number of likely N-dealkylation sites (N-methyl/N-ethyl adjacent to an activating group) is 1. The maximum Gasteiger partial charge on any atom is 0.134 e. The normalized spacial score (nSPS) is 10.8. The predicted octanol–water partition coefficient (Wildman–Crippen LogP) is 4.91. The van der Waals surface area contributed by atoms with Gasteiger partial charge in [0.25, 0.3) is 0 Å². The molecule has 0 fully saturated rings. The third-order valence-electron chi connectivity index (χ3n) is 3.61. The number of hydrogen-bond donors (Lipinski definition) is 1. The van der Waals surface area contributed by atoms with E-state index in [1.165, 1.54) is 0 Å². The molecule has 0 atom stereocenters. The van der Waals surface area contributed by atoms with Crippen molar-refractivity contribution in [1.82, 2.24) is 10.3 Å². The fourth-order valence-corrected chi connectivity index (χ4v) is 3.60. The van der Waals surface area contributed by atoms with Crippen LogP contribution in [-0.2, 0) is 13.0 Å². The molecule has 5 heteroatoms. The molecule has 1 aromatic heterocycles. The van der Waals surface area contributed by atoms with E-state index in [-0.39, 0.29) is 0 Å². The van der Waals surface area contributed by atoms with E-state index in [9.17, 15) is 0 Å². The molecule has 0 aliphatic carbocycles.